The topological polar surface area (TPSA) is 84.0 Å². The van der Waals surface area contributed by atoms with Crippen molar-refractivity contribution in [2.75, 3.05) is 16.4 Å². The summed E-state index contributed by atoms with van der Waals surface area (Å²) in [6.07, 6.45) is 1.58. The van der Waals surface area contributed by atoms with Gasteiger partial charge in [0, 0.05) is 17.0 Å². The predicted molar refractivity (Wildman–Crippen MR) is 116 cm³/mol. The highest BCUT2D eigenvalue weighted by molar-refractivity contribution is 8.01. The molecule has 8 heteroatoms. The second-order valence-corrected chi connectivity index (χ2v) is 8.44. The highest BCUT2D eigenvalue weighted by Crippen LogP contribution is 2.27. The molecule has 0 atom stereocenters. The van der Waals surface area contributed by atoms with E-state index in [1.165, 1.54) is 23.1 Å². The fourth-order valence-corrected chi connectivity index (χ4v) is 4.39. The fraction of sp³-hybridized carbons (Fsp3) is 0.300. The number of thioether (sulfide) groups is 1. The molecule has 1 aromatic heterocycles. The van der Waals surface area contributed by atoms with Crippen molar-refractivity contribution in [3.05, 3.63) is 42.5 Å². The quantitative estimate of drug-likeness (QED) is 0.409. The number of nitrogens with zero attached hydrogens (tertiary/aromatic N) is 2. The maximum atomic E-state index is 12.3. The highest BCUT2D eigenvalue weighted by Gasteiger charge is 2.16. The van der Waals surface area contributed by atoms with Crippen molar-refractivity contribution in [1.82, 2.24) is 10.2 Å². The third kappa shape index (κ3) is 5.08. The Bertz CT molecular complexity index is 964. The molecule has 3 aromatic rings. The number of aromatic nitrogens is 2. The van der Waals surface area contributed by atoms with Crippen LogP contribution < -0.4 is 10.6 Å². The molecule has 28 heavy (non-hydrogen) atoms. The molecule has 0 bridgehead atoms. The van der Waals surface area contributed by atoms with E-state index < -0.39 is 0 Å². The normalized spacial score (nSPS) is 11.0. The molecule has 0 saturated carbocycles. The molecule has 0 unspecified atom stereocenters. The average Bonchev–Trinajstić information content (AvgIpc) is 3.15. The smallest absolute Gasteiger partial charge is 0.234 e. The molecule has 0 spiro atoms. The number of hydrogen-bond donors (Lipinski definition) is 2. The summed E-state index contributed by atoms with van der Waals surface area (Å²) in [6, 6.07) is 13.7. The summed E-state index contributed by atoms with van der Waals surface area (Å²) < 4.78 is 0.646. The van der Waals surface area contributed by atoms with Crippen LogP contribution in [0.4, 0.5) is 10.8 Å². The summed E-state index contributed by atoms with van der Waals surface area (Å²) in [6.45, 7) is 3.98. The zero-order chi connectivity index (χ0) is 19.9. The van der Waals surface area contributed by atoms with Gasteiger partial charge in [0.1, 0.15) is 0 Å². The maximum Gasteiger partial charge on any atom is 0.234 e. The number of fused-ring (bicyclic) bond motifs is 1. The summed E-state index contributed by atoms with van der Waals surface area (Å²) in [5, 5.41) is 16.3. The minimum Gasteiger partial charge on any atom is -0.325 e. The van der Waals surface area contributed by atoms with Gasteiger partial charge in [0.05, 0.1) is 5.75 Å². The van der Waals surface area contributed by atoms with Crippen molar-refractivity contribution in [1.29, 1.82) is 0 Å². The van der Waals surface area contributed by atoms with Gasteiger partial charge in [-0.15, -0.1) is 10.2 Å². The van der Waals surface area contributed by atoms with Crippen molar-refractivity contribution >= 4 is 56.5 Å². The Balaban J connectivity index is 1.55. The molecule has 2 aromatic carbocycles. The Morgan fingerprint density at radius 2 is 1.79 bits per heavy atom. The molecule has 0 fully saturated rings. The minimum absolute atomic E-state index is 0.0218. The molecule has 2 amide bonds. The lowest BCUT2D eigenvalue weighted by Crippen LogP contribution is -2.21. The van der Waals surface area contributed by atoms with E-state index in [0.717, 1.165) is 29.3 Å². The van der Waals surface area contributed by atoms with E-state index >= 15 is 0 Å². The first-order chi connectivity index (χ1) is 13.6. The first-order valence-corrected chi connectivity index (χ1v) is 11.0. The number of anilines is 2. The summed E-state index contributed by atoms with van der Waals surface area (Å²) in [5.74, 6) is 0.0512. The Hall–Kier alpha value is -2.45. The van der Waals surface area contributed by atoms with Gasteiger partial charge < -0.3 is 10.6 Å². The zero-order valence-corrected chi connectivity index (χ0v) is 17.4. The lowest BCUT2D eigenvalue weighted by molar-refractivity contribution is -0.120. The van der Waals surface area contributed by atoms with Gasteiger partial charge in [0.2, 0.25) is 16.9 Å². The average molecular weight is 415 g/mol. The number of hydrogen-bond acceptors (Lipinski definition) is 6. The second kappa shape index (κ2) is 9.66. The number of nitrogens with one attached hydrogen (secondary N) is 2. The zero-order valence-electron chi connectivity index (χ0n) is 15.8. The summed E-state index contributed by atoms with van der Waals surface area (Å²) >= 11 is 2.58. The van der Waals surface area contributed by atoms with Crippen LogP contribution in [0, 0.1) is 5.92 Å². The predicted octanol–water partition coefficient (Wildman–Crippen LogP) is 4.80. The van der Waals surface area contributed by atoms with E-state index in [4.69, 9.17) is 0 Å². The van der Waals surface area contributed by atoms with Crippen LogP contribution >= 0.6 is 23.1 Å². The van der Waals surface area contributed by atoms with Crippen molar-refractivity contribution in [3.8, 4) is 0 Å². The van der Waals surface area contributed by atoms with Gasteiger partial charge in [-0.1, -0.05) is 73.3 Å². The largest absolute Gasteiger partial charge is 0.325 e. The van der Waals surface area contributed by atoms with Crippen LogP contribution in [0.3, 0.4) is 0 Å². The van der Waals surface area contributed by atoms with E-state index in [0.29, 0.717) is 9.47 Å². The first-order valence-electron chi connectivity index (χ1n) is 9.15. The maximum absolute atomic E-state index is 12.3. The van der Waals surface area contributed by atoms with E-state index in [-0.39, 0.29) is 23.5 Å². The van der Waals surface area contributed by atoms with Gasteiger partial charge in [-0.2, -0.15) is 0 Å². The Morgan fingerprint density at radius 3 is 2.57 bits per heavy atom. The van der Waals surface area contributed by atoms with Crippen molar-refractivity contribution < 1.29 is 9.59 Å². The van der Waals surface area contributed by atoms with Crippen LogP contribution in [-0.2, 0) is 9.59 Å². The molecule has 1 heterocycles. The molecule has 0 saturated heterocycles. The van der Waals surface area contributed by atoms with Crippen LogP contribution in [0.15, 0.2) is 46.8 Å². The number of carbonyl (C=O) groups is 2. The highest BCUT2D eigenvalue weighted by atomic mass is 32.2. The van der Waals surface area contributed by atoms with Gasteiger partial charge >= 0.3 is 0 Å². The van der Waals surface area contributed by atoms with E-state index in [1.54, 1.807) is 0 Å². The molecular weight excluding hydrogens is 392 g/mol. The minimum atomic E-state index is -0.112. The molecule has 6 nitrogen and oxygen atoms in total. The standard InChI is InChI=1S/C20H22N4O2S2/c1-3-13(4-2)18(26)22-19-23-24-20(28-19)27-12-17(25)21-16-11-7-9-14-8-5-6-10-15(14)16/h5-11,13H,3-4,12H2,1-2H3,(H,21,25)(H,22,23,26). The Morgan fingerprint density at radius 1 is 1.04 bits per heavy atom. The third-order valence-electron chi connectivity index (χ3n) is 4.38. The molecule has 2 N–H and O–H groups in total. The molecule has 3 rings (SSSR count). The first kappa shape index (κ1) is 20.3. The van der Waals surface area contributed by atoms with Crippen molar-refractivity contribution in [2.45, 2.75) is 31.0 Å². The van der Waals surface area contributed by atoms with Crippen LogP contribution in [0.25, 0.3) is 10.8 Å². The molecule has 146 valence electrons. The number of amides is 2. The summed E-state index contributed by atoms with van der Waals surface area (Å²) in [7, 11) is 0. The lowest BCUT2D eigenvalue weighted by Gasteiger charge is -2.10. The van der Waals surface area contributed by atoms with Crippen molar-refractivity contribution in [2.24, 2.45) is 5.92 Å². The van der Waals surface area contributed by atoms with E-state index in [9.17, 15) is 9.59 Å². The monoisotopic (exact) mass is 414 g/mol. The van der Waals surface area contributed by atoms with Gasteiger partial charge in [-0.3, -0.25) is 9.59 Å². The van der Waals surface area contributed by atoms with Gasteiger partial charge in [0.25, 0.3) is 0 Å². The van der Waals surface area contributed by atoms with Crippen LogP contribution in [0.2, 0.25) is 0 Å². The van der Waals surface area contributed by atoms with Crippen LogP contribution in [-0.4, -0.2) is 27.8 Å². The number of benzene rings is 2. The summed E-state index contributed by atoms with van der Waals surface area (Å²) in [4.78, 5) is 24.5. The molecule has 0 aliphatic rings. The van der Waals surface area contributed by atoms with Gasteiger partial charge in [-0.25, -0.2) is 0 Å². The van der Waals surface area contributed by atoms with Gasteiger partial charge in [0.15, 0.2) is 4.34 Å². The third-order valence-corrected chi connectivity index (χ3v) is 6.36. The fourth-order valence-electron chi connectivity index (χ4n) is 2.83. The van der Waals surface area contributed by atoms with Crippen LogP contribution in [0.1, 0.15) is 26.7 Å². The molecule has 0 aliphatic heterocycles. The van der Waals surface area contributed by atoms with Gasteiger partial charge in [-0.05, 0) is 24.3 Å². The number of rotatable bonds is 8. The van der Waals surface area contributed by atoms with Crippen molar-refractivity contribution in [3.63, 3.8) is 0 Å². The summed E-state index contributed by atoms with van der Waals surface area (Å²) in [5.41, 5.74) is 0.791. The Kier molecular flexibility index (Phi) is 7.00. The molecular formula is C20H22N4O2S2. The second-order valence-electron chi connectivity index (χ2n) is 6.24. The number of carbonyl (C=O) groups excluding carboxylic acids is 2. The SMILES string of the molecule is CCC(CC)C(=O)Nc1nnc(SCC(=O)Nc2cccc3ccccc23)s1. The van der Waals surface area contributed by atoms with E-state index in [1.807, 2.05) is 56.3 Å². The molecule has 0 radical (unpaired) electrons. The van der Waals surface area contributed by atoms with Crippen LogP contribution in [0.5, 0.6) is 0 Å². The van der Waals surface area contributed by atoms with E-state index in [2.05, 4.69) is 20.8 Å². The lowest BCUT2D eigenvalue weighted by atomic mass is 10.0. The molecule has 0 aliphatic carbocycles. The Labute approximate surface area is 172 Å².